The second-order valence-electron chi connectivity index (χ2n) is 8.71. The van der Waals surface area contributed by atoms with Crippen molar-refractivity contribution >= 4 is 28.5 Å². The van der Waals surface area contributed by atoms with Crippen molar-refractivity contribution in [3.63, 3.8) is 0 Å². The third-order valence-electron chi connectivity index (χ3n) is 6.07. The molecule has 3 N–H and O–H groups in total. The van der Waals surface area contributed by atoms with Crippen LogP contribution in [0.3, 0.4) is 0 Å². The van der Waals surface area contributed by atoms with Gasteiger partial charge in [-0.25, -0.2) is 9.59 Å². The third-order valence-corrected chi connectivity index (χ3v) is 6.07. The number of pyridine rings is 1. The molecule has 1 saturated heterocycles. The van der Waals surface area contributed by atoms with E-state index in [1.54, 1.807) is 0 Å². The van der Waals surface area contributed by atoms with Crippen molar-refractivity contribution in [2.75, 3.05) is 37.9 Å². The molecule has 2 aromatic carbocycles. The van der Waals surface area contributed by atoms with Crippen molar-refractivity contribution in [3.8, 4) is 11.3 Å². The molecule has 2 atom stereocenters. The highest BCUT2D eigenvalue weighted by Crippen LogP contribution is 2.37. The van der Waals surface area contributed by atoms with Crippen LogP contribution in [0.25, 0.3) is 22.0 Å². The minimum atomic E-state index is -4.61. The van der Waals surface area contributed by atoms with Crippen LogP contribution in [0.4, 0.5) is 23.7 Å². The number of carbonyl (C=O) groups is 2. The van der Waals surface area contributed by atoms with E-state index in [9.17, 15) is 32.7 Å². The fraction of sp³-hybridized carbons (Fsp3) is 0.346. The molecule has 13 heteroatoms. The lowest BCUT2D eigenvalue weighted by molar-refractivity contribution is -0.153. The van der Waals surface area contributed by atoms with Gasteiger partial charge < -0.3 is 29.4 Å². The van der Waals surface area contributed by atoms with Crippen LogP contribution in [-0.2, 0) is 25.2 Å². The van der Waals surface area contributed by atoms with Crippen LogP contribution < -0.4 is 10.5 Å². The molecule has 1 aliphatic rings. The maximum atomic E-state index is 13.5. The number of aliphatic hydroxyl groups excluding tert-OH is 1. The molecular weight excluding hydrogens is 525 g/mol. The standard InChI is InChI=1S/C26H25F3N2O8/c27-26(28,29)20-4-2-1-3-18(20)21-11-15-5-6-16(12-19(15)23(33)30-21)31-14-17(39-25(31)36)13-22(24(34)35)38-10-9-37-8-7-32/h1-6,11-12,17,22,32H,7-10,13-14H2,(H,30,33)(H,34,35)/t17?,22-/m0/s1. The van der Waals surface area contributed by atoms with Gasteiger partial charge in [0.25, 0.3) is 5.56 Å². The first-order valence-electron chi connectivity index (χ1n) is 11.9. The number of nitrogens with one attached hydrogen (secondary N) is 1. The summed E-state index contributed by atoms with van der Waals surface area (Å²) in [6.07, 6.45) is -7.57. The summed E-state index contributed by atoms with van der Waals surface area (Å²) in [6.45, 7) is -0.0508. The second-order valence-corrected chi connectivity index (χ2v) is 8.71. The van der Waals surface area contributed by atoms with Gasteiger partial charge in [-0.1, -0.05) is 24.3 Å². The number of aliphatic hydroxyl groups is 1. The smallest absolute Gasteiger partial charge is 0.417 e. The predicted molar refractivity (Wildman–Crippen MR) is 133 cm³/mol. The molecule has 1 amide bonds. The Balaban J connectivity index is 1.51. The molecule has 1 fully saturated rings. The zero-order valence-electron chi connectivity index (χ0n) is 20.4. The Morgan fingerprint density at radius 2 is 1.90 bits per heavy atom. The summed E-state index contributed by atoms with van der Waals surface area (Å²) >= 11 is 0. The van der Waals surface area contributed by atoms with Gasteiger partial charge in [-0.05, 0) is 29.7 Å². The van der Waals surface area contributed by atoms with E-state index < -0.39 is 41.6 Å². The average molecular weight is 550 g/mol. The molecule has 1 unspecified atom stereocenters. The number of carbonyl (C=O) groups excluding carboxylic acids is 1. The van der Waals surface area contributed by atoms with Gasteiger partial charge in [-0.15, -0.1) is 0 Å². The quantitative estimate of drug-likeness (QED) is 0.309. The number of cyclic esters (lactones) is 1. The van der Waals surface area contributed by atoms with Crippen molar-refractivity contribution < 1.29 is 47.2 Å². The number of H-pyrrole nitrogens is 1. The number of hydrogen-bond donors (Lipinski definition) is 3. The van der Waals surface area contributed by atoms with Gasteiger partial charge in [-0.3, -0.25) is 9.69 Å². The molecule has 208 valence electrons. The highest BCUT2D eigenvalue weighted by atomic mass is 19.4. The number of carboxylic acids is 1. The summed E-state index contributed by atoms with van der Waals surface area (Å²) in [5, 5.41) is 18.6. The molecule has 0 spiro atoms. The van der Waals surface area contributed by atoms with Gasteiger partial charge >= 0.3 is 18.2 Å². The topological polar surface area (TPSA) is 138 Å². The number of aromatic nitrogens is 1. The molecule has 1 aromatic heterocycles. The molecule has 10 nitrogen and oxygen atoms in total. The van der Waals surface area contributed by atoms with Crippen LogP contribution in [0.2, 0.25) is 0 Å². The number of fused-ring (bicyclic) bond motifs is 1. The van der Waals surface area contributed by atoms with E-state index in [4.69, 9.17) is 19.3 Å². The van der Waals surface area contributed by atoms with Crippen LogP contribution in [0.5, 0.6) is 0 Å². The molecule has 0 aliphatic carbocycles. The second kappa shape index (κ2) is 11.8. The number of aliphatic carboxylic acids is 1. The number of carboxylic acid groups (broad SMARTS) is 1. The van der Waals surface area contributed by atoms with Gasteiger partial charge in [0.05, 0.1) is 38.5 Å². The largest absolute Gasteiger partial charge is 0.479 e. The van der Waals surface area contributed by atoms with E-state index in [0.29, 0.717) is 11.1 Å². The first-order valence-corrected chi connectivity index (χ1v) is 11.9. The Morgan fingerprint density at radius 3 is 2.62 bits per heavy atom. The molecule has 0 bridgehead atoms. The number of amides is 1. The molecule has 2 heterocycles. The maximum absolute atomic E-state index is 13.5. The van der Waals surface area contributed by atoms with Crippen molar-refractivity contribution in [3.05, 3.63) is 64.4 Å². The summed E-state index contributed by atoms with van der Waals surface area (Å²) in [6, 6.07) is 10.8. The Labute approximate surface area is 219 Å². The van der Waals surface area contributed by atoms with E-state index in [0.717, 1.165) is 6.07 Å². The van der Waals surface area contributed by atoms with Gasteiger partial charge in [0.1, 0.15) is 6.10 Å². The number of anilines is 1. The molecule has 0 saturated carbocycles. The minimum Gasteiger partial charge on any atom is -0.479 e. The highest BCUT2D eigenvalue weighted by Gasteiger charge is 2.36. The number of hydrogen-bond acceptors (Lipinski definition) is 7. The molecule has 4 rings (SSSR count). The summed E-state index contributed by atoms with van der Waals surface area (Å²) in [5.74, 6) is -1.24. The Bertz CT molecular complexity index is 1410. The molecule has 1 aliphatic heterocycles. The molecular formula is C26H25F3N2O8. The Morgan fingerprint density at radius 1 is 1.13 bits per heavy atom. The normalized spacial score (nSPS) is 16.5. The van der Waals surface area contributed by atoms with Crippen LogP contribution in [0.15, 0.2) is 53.3 Å². The lowest BCUT2D eigenvalue weighted by Gasteiger charge is -2.17. The van der Waals surface area contributed by atoms with Crippen LogP contribution >= 0.6 is 0 Å². The van der Waals surface area contributed by atoms with E-state index in [1.165, 1.54) is 47.4 Å². The molecule has 3 aromatic rings. The van der Waals surface area contributed by atoms with Gasteiger partial charge in [-0.2, -0.15) is 13.2 Å². The minimum absolute atomic E-state index is 0.00436. The SMILES string of the molecule is O=C(O)[C@H](CC1CN(c2ccc3cc(-c4ccccc4C(F)(F)F)[nH]c(=O)c3c2)C(=O)O1)OCCOCCO. The van der Waals surface area contributed by atoms with Crippen LogP contribution in [0, 0.1) is 0 Å². The average Bonchev–Trinajstić information content (AvgIpc) is 3.27. The number of ether oxygens (including phenoxy) is 3. The monoisotopic (exact) mass is 550 g/mol. The van der Waals surface area contributed by atoms with Gasteiger partial charge in [0.2, 0.25) is 0 Å². The highest BCUT2D eigenvalue weighted by molar-refractivity contribution is 5.95. The first-order chi connectivity index (χ1) is 18.6. The molecule has 0 radical (unpaired) electrons. The van der Waals surface area contributed by atoms with Crippen molar-refractivity contribution in [1.29, 1.82) is 0 Å². The number of benzene rings is 2. The maximum Gasteiger partial charge on any atom is 0.417 e. The third kappa shape index (κ3) is 6.56. The fourth-order valence-corrected chi connectivity index (χ4v) is 4.28. The van der Waals surface area contributed by atoms with E-state index in [1.807, 2.05) is 0 Å². The zero-order valence-corrected chi connectivity index (χ0v) is 20.4. The fourth-order valence-electron chi connectivity index (χ4n) is 4.28. The van der Waals surface area contributed by atoms with Crippen molar-refractivity contribution in [1.82, 2.24) is 4.98 Å². The summed E-state index contributed by atoms with van der Waals surface area (Å²) in [4.78, 5) is 40.7. The number of aromatic amines is 1. The summed E-state index contributed by atoms with van der Waals surface area (Å²) < 4.78 is 56.1. The van der Waals surface area contributed by atoms with Gasteiger partial charge in [0, 0.05) is 28.8 Å². The lowest BCUT2D eigenvalue weighted by Crippen LogP contribution is -2.32. The van der Waals surface area contributed by atoms with E-state index in [2.05, 4.69) is 4.98 Å². The Hall–Kier alpha value is -3.94. The first kappa shape index (κ1) is 28.1. The predicted octanol–water partition coefficient (Wildman–Crippen LogP) is 3.41. The molecule has 39 heavy (non-hydrogen) atoms. The van der Waals surface area contributed by atoms with Crippen LogP contribution in [0.1, 0.15) is 12.0 Å². The van der Waals surface area contributed by atoms with E-state index >= 15 is 0 Å². The van der Waals surface area contributed by atoms with Gasteiger partial charge in [0.15, 0.2) is 6.10 Å². The van der Waals surface area contributed by atoms with E-state index in [-0.39, 0.29) is 56.0 Å². The van der Waals surface area contributed by atoms with Crippen molar-refractivity contribution in [2.45, 2.75) is 24.8 Å². The van der Waals surface area contributed by atoms with Crippen molar-refractivity contribution in [2.24, 2.45) is 0 Å². The summed E-state index contributed by atoms with van der Waals surface area (Å²) in [7, 11) is 0. The van der Waals surface area contributed by atoms with Crippen LogP contribution in [-0.4, -0.2) is 72.4 Å². The lowest BCUT2D eigenvalue weighted by atomic mass is 10.0. The zero-order chi connectivity index (χ0) is 28.2. The summed E-state index contributed by atoms with van der Waals surface area (Å²) in [5.41, 5.74) is -1.41. The number of halogens is 3. The number of rotatable bonds is 11. The number of nitrogens with zero attached hydrogens (tertiary/aromatic N) is 1. The number of alkyl halides is 3. The Kier molecular flexibility index (Phi) is 8.53.